The molecule has 1 aromatic heterocycles. The van der Waals surface area contributed by atoms with Crippen LogP contribution in [-0.4, -0.2) is 10.9 Å². The summed E-state index contributed by atoms with van der Waals surface area (Å²) < 4.78 is 37.0. The number of nitrogens with two attached hydrogens (primary N) is 1. The van der Waals surface area contributed by atoms with Gasteiger partial charge in [-0.1, -0.05) is 0 Å². The van der Waals surface area contributed by atoms with E-state index in [0.717, 1.165) is 0 Å². The molecule has 1 amide bonds. The first kappa shape index (κ1) is 11.5. The van der Waals surface area contributed by atoms with Gasteiger partial charge in [-0.2, -0.15) is 13.2 Å². The number of halogens is 3. The molecule has 0 fully saturated rings. The molecule has 2 N–H and O–H groups in total. The van der Waals surface area contributed by atoms with Crippen LogP contribution in [0.25, 0.3) is 0 Å². The minimum absolute atomic E-state index is 0.144. The zero-order valence-corrected chi connectivity index (χ0v) is 8.14. The Balaban J connectivity index is 3.43. The van der Waals surface area contributed by atoms with Gasteiger partial charge in [0.2, 0.25) is 5.91 Å². The van der Waals surface area contributed by atoms with Gasteiger partial charge < -0.3 is 5.73 Å². The van der Waals surface area contributed by atoms with Crippen LogP contribution in [0.3, 0.4) is 0 Å². The van der Waals surface area contributed by atoms with Gasteiger partial charge in [-0.25, -0.2) is 4.98 Å². The summed E-state index contributed by atoms with van der Waals surface area (Å²) in [6.07, 6.45) is -4.57. The van der Waals surface area contributed by atoms with Crippen LogP contribution in [0.4, 0.5) is 13.2 Å². The molecule has 0 saturated heterocycles. The third kappa shape index (κ3) is 2.26. The first-order valence-corrected chi connectivity index (χ1v) is 4.08. The van der Waals surface area contributed by atoms with E-state index in [1.54, 1.807) is 0 Å². The van der Waals surface area contributed by atoms with E-state index in [1.807, 2.05) is 0 Å². The fraction of sp³-hybridized carbons (Fsp3) is 0.333. The van der Waals surface area contributed by atoms with Gasteiger partial charge >= 0.3 is 6.18 Å². The molecule has 0 aliphatic heterocycles. The average molecular weight is 218 g/mol. The maximum absolute atomic E-state index is 12.3. The predicted octanol–water partition coefficient (Wildman–Crippen LogP) is 1.82. The molecule has 0 aliphatic rings. The number of nitrogens with zero attached hydrogens (tertiary/aromatic N) is 1. The van der Waals surface area contributed by atoms with Crippen molar-refractivity contribution in [3.05, 3.63) is 28.6 Å². The lowest BCUT2D eigenvalue weighted by atomic mass is 10.1. The van der Waals surface area contributed by atoms with Gasteiger partial charge in [0.1, 0.15) is 5.69 Å². The van der Waals surface area contributed by atoms with Crippen LogP contribution in [0.15, 0.2) is 6.07 Å². The van der Waals surface area contributed by atoms with Gasteiger partial charge in [0.25, 0.3) is 0 Å². The molecule has 15 heavy (non-hydrogen) atoms. The molecular formula is C9H9F3N2O. The molecule has 0 aliphatic carbocycles. The molecule has 0 atom stereocenters. The smallest absolute Gasteiger partial charge is 0.366 e. The van der Waals surface area contributed by atoms with Crippen LogP contribution in [0, 0.1) is 13.8 Å². The van der Waals surface area contributed by atoms with Gasteiger partial charge in [0.05, 0.1) is 0 Å². The fourth-order valence-corrected chi connectivity index (χ4v) is 1.14. The first-order valence-electron chi connectivity index (χ1n) is 4.08. The zero-order chi connectivity index (χ0) is 11.8. The number of alkyl halides is 3. The SMILES string of the molecule is Cc1nc(C(F)(F)F)cc(C(N)=O)c1C. The van der Waals surface area contributed by atoms with E-state index in [-0.39, 0.29) is 11.3 Å². The summed E-state index contributed by atoms with van der Waals surface area (Å²) in [5.74, 6) is -0.886. The Labute approximate surface area is 84.1 Å². The van der Waals surface area contributed by atoms with Crippen LogP contribution in [-0.2, 0) is 6.18 Å². The lowest BCUT2D eigenvalue weighted by Crippen LogP contribution is -2.17. The van der Waals surface area contributed by atoms with E-state index in [1.165, 1.54) is 13.8 Å². The molecule has 0 bridgehead atoms. The highest BCUT2D eigenvalue weighted by molar-refractivity contribution is 5.94. The van der Waals surface area contributed by atoms with Gasteiger partial charge in [0.15, 0.2) is 0 Å². The quantitative estimate of drug-likeness (QED) is 0.781. The average Bonchev–Trinajstić information content (AvgIpc) is 2.06. The number of carbonyl (C=O) groups excluding carboxylic acids is 1. The summed E-state index contributed by atoms with van der Waals surface area (Å²) in [4.78, 5) is 14.2. The van der Waals surface area contributed by atoms with Crippen molar-refractivity contribution in [1.29, 1.82) is 0 Å². The van der Waals surface area contributed by atoms with Crippen LogP contribution in [0.2, 0.25) is 0 Å². The molecule has 1 rings (SSSR count). The summed E-state index contributed by atoms with van der Waals surface area (Å²) in [5, 5.41) is 0. The van der Waals surface area contributed by atoms with E-state index in [2.05, 4.69) is 4.98 Å². The lowest BCUT2D eigenvalue weighted by Gasteiger charge is -2.10. The predicted molar refractivity (Wildman–Crippen MR) is 47.2 cm³/mol. The van der Waals surface area contributed by atoms with E-state index < -0.39 is 17.8 Å². The molecule has 3 nitrogen and oxygen atoms in total. The van der Waals surface area contributed by atoms with E-state index >= 15 is 0 Å². The number of hydrogen-bond donors (Lipinski definition) is 1. The van der Waals surface area contributed by atoms with Crippen molar-refractivity contribution >= 4 is 5.91 Å². The molecule has 0 saturated carbocycles. The largest absolute Gasteiger partial charge is 0.433 e. The Morgan fingerprint density at radius 3 is 2.33 bits per heavy atom. The van der Waals surface area contributed by atoms with Crippen molar-refractivity contribution in [1.82, 2.24) is 4.98 Å². The van der Waals surface area contributed by atoms with Crippen molar-refractivity contribution in [3.63, 3.8) is 0 Å². The summed E-state index contributed by atoms with van der Waals surface area (Å²) in [7, 11) is 0. The van der Waals surface area contributed by atoms with Gasteiger partial charge in [-0.05, 0) is 25.5 Å². The lowest BCUT2D eigenvalue weighted by molar-refractivity contribution is -0.141. The second kappa shape index (κ2) is 3.52. The van der Waals surface area contributed by atoms with E-state index in [4.69, 9.17) is 5.73 Å². The number of carbonyl (C=O) groups is 1. The second-order valence-corrected chi connectivity index (χ2v) is 3.13. The molecule has 0 radical (unpaired) electrons. The number of primary amides is 1. The number of aromatic nitrogens is 1. The van der Waals surface area contributed by atoms with Crippen LogP contribution < -0.4 is 5.73 Å². The van der Waals surface area contributed by atoms with Gasteiger partial charge in [0, 0.05) is 11.3 Å². The maximum Gasteiger partial charge on any atom is 0.433 e. The highest BCUT2D eigenvalue weighted by Crippen LogP contribution is 2.29. The molecule has 0 unspecified atom stereocenters. The number of rotatable bonds is 1. The minimum Gasteiger partial charge on any atom is -0.366 e. The topological polar surface area (TPSA) is 56.0 Å². The molecule has 6 heteroatoms. The Bertz CT molecular complexity index is 413. The summed E-state index contributed by atoms with van der Waals surface area (Å²) in [6, 6.07) is 0.671. The maximum atomic E-state index is 12.3. The standard InChI is InChI=1S/C9H9F3N2O/c1-4-5(2)14-7(9(10,11)12)3-6(4)8(13)15/h3H,1-2H3,(H2,13,15). The third-order valence-corrected chi connectivity index (χ3v) is 2.07. The normalized spacial score (nSPS) is 11.5. The first-order chi connectivity index (χ1) is 6.73. The van der Waals surface area contributed by atoms with Crippen LogP contribution in [0.5, 0.6) is 0 Å². The van der Waals surface area contributed by atoms with Crippen molar-refractivity contribution < 1.29 is 18.0 Å². The van der Waals surface area contributed by atoms with Crippen LogP contribution in [0.1, 0.15) is 27.3 Å². The summed E-state index contributed by atoms with van der Waals surface area (Å²) >= 11 is 0. The Morgan fingerprint density at radius 2 is 1.93 bits per heavy atom. The number of amides is 1. The number of pyridine rings is 1. The highest BCUT2D eigenvalue weighted by atomic mass is 19.4. The van der Waals surface area contributed by atoms with Gasteiger partial charge in [-0.15, -0.1) is 0 Å². The van der Waals surface area contributed by atoms with Crippen LogP contribution >= 0.6 is 0 Å². The molecule has 1 heterocycles. The second-order valence-electron chi connectivity index (χ2n) is 3.13. The minimum atomic E-state index is -4.57. The third-order valence-electron chi connectivity index (χ3n) is 2.07. The zero-order valence-electron chi connectivity index (χ0n) is 8.14. The summed E-state index contributed by atoms with van der Waals surface area (Å²) in [5.41, 5.74) is 4.24. The molecule has 1 aromatic rings. The molecule has 0 spiro atoms. The molecular weight excluding hydrogens is 209 g/mol. The molecule has 82 valence electrons. The number of aryl methyl sites for hydroxylation is 1. The Hall–Kier alpha value is -1.59. The fourth-order valence-electron chi connectivity index (χ4n) is 1.14. The monoisotopic (exact) mass is 218 g/mol. The Kier molecular flexibility index (Phi) is 2.70. The van der Waals surface area contributed by atoms with Crippen molar-refractivity contribution in [2.75, 3.05) is 0 Å². The highest BCUT2D eigenvalue weighted by Gasteiger charge is 2.33. The molecule has 0 aromatic carbocycles. The van der Waals surface area contributed by atoms with E-state index in [0.29, 0.717) is 11.6 Å². The van der Waals surface area contributed by atoms with E-state index in [9.17, 15) is 18.0 Å². The summed E-state index contributed by atoms with van der Waals surface area (Å²) in [6.45, 7) is 2.90. The van der Waals surface area contributed by atoms with Crippen molar-refractivity contribution in [2.24, 2.45) is 5.73 Å². The van der Waals surface area contributed by atoms with Gasteiger partial charge in [-0.3, -0.25) is 4.79 Å². The van der Waals surface area contributed by atoms with Crippen molar-refractivity contribution in [2.45, 2.75) is 20.0 Å². The Morgan fingerprint density at radius 1 is 1.40 bits per heavy atom. The number of hydrogen-bond acceptors (Lipinski definition) is 2. The van der Waals surface area contributed by atoms with Crippen molar-refractivity contribution in [3.8, 4) is 0 Å².